The van der Waals surface area contributed by atoms with Crippen LogP contribution in [-0.2, 0) is 11.3 Å². The van der Waals surface area contributed by atoms with E-state index in [1.165, 1.54) is 11.9 Å². The van der Waals surface area contributed by atoms with Crippen LogP contribution in [0.25, 0.3) is 0 Å². The van der Waals surface area contributed by atoms with E-state index in [-0.39, 0.29) is 5.69 Å². The zero-order valence-electron chi connectivity index (χ0n) is 15.1. The van der Waals surface area contributed by atoms with Gasteiger partial charge in [-0.25, -0.2) is 4.79 Å². The van der Waals surface area contributed by atoms with Crippen molar-refractivity contribution in [3.05, 3.63) is 33.9 Å². The summed E-state index contributed by atoms with van der Waals surface area (Å²) in [6.07, 6.45) is 0.874. The number of anilines is 2. The minimum absolute atomic E-state index is 0.117. The van der Waals surface area contributed by atoms with Gasteiger partial charge < -0.3 is 15.0 Å². The summed E-state index contributed by atoms with van der Waals surface area (Å²) < 4.78 is 4.80. The fourth-order valence-electron chi connectivity index (χ4n) is 2.50. The first kappa shape index (κ1) is 20.5. The first-order chi connectivity index (χ1) is 12.5. The van der Waals surface area contributed by atoms with Gasteiger partial charge in [0.2, 0.25) is 5.69 Å². The number of hydrogen-bond acceptors (Lipinski definition) is 6. The molecule has 0 spiro atoms. The van der Waals surface area contributed by atoms with E-state index in [9.17, 15) is 4.79 Å². The number of esters is 1. The van der Waals surface area contributed by atoms with Crippen LogP contribution in [0.1, 0.15) is 30.8 Å². The number of aryl methyl sites for hydroxylation is 1. The molecule has 0 saturated heterocycles. The normalized spacial score (nSPS) is 11.0. The third kappa shape index (κ3) is 5.59. The molecule has 0 radical (unpaired) electrons. The molecule has 0 aliphatic heterocycles. The molecule has 0 aliphatic carbocycles. The Balaban J connectivity index is 2.16. The number of ether oxygens (including phenoxy) is 1. The lowest BCUT2D eigenvalue weighted by atomic mass is 10.3. The molecule has 0 bridgehead atoms. The van der Waals surface area contributed by atoms with Gasteiger partial charge in [-0.05, 0) is 44.3 Å². The lowest BCUT2D eigenvalue weighted by molar-refractivity contribution is 0.0594. The molecule has 0 atom stereocenters. The third-order valence-corrected chi connectivity index (χ3v) is 4.32. The molecule has 2 rings (SSSR count). The van der Waals surface area contributed by atoms with Gasteiger partial charge in [0.25, 0.3) is 0 Å². The molecule has 1 aromatic heterocycles. The number of benzene rings is 1. The van der Waals surface area contributed by atoms with Gasteiger partial charge in [0.15, 0.2) is 5.82 Å². The summed E-state index contributed by atoms with van der Waals surface area (Å²) in [7, 11) is 1.31. The highest BCUT2D eigenvalue weighted by molar-refractivity contribution is 6.35. The standard InChI is InChI=1S/C17H23Cl2N5O2/c1-4-23(5-2)7-6-8-24-21-15(17(25)26-3)16(22-24)20-14-10-12(18)9-13(19)11-14/h9-11H,4-8H2,1-3H3,(H,20,22). The van der Waals surface area contributed by atoms with Crippen molar-refractivity contribution in [2.75, 3.05) is 32.1 Å². The van der Waals surface area contributed by atoms with Gasteiger partial charge in [-0.1, -0.05) is 37.0 Å². The van der Waals surface area contributed by atoms with E-state index < -0.39 is 5.97 Å². The molecule has 0 amide bonds. The fraction of sp³-hybridized carbons (Fsp3) is 0.471. The van der Waals surface area contributed by atoms with Crippen LogP contribution in [0.4, 0.5) is 11.5 Å². The van der Waals surface area contributed by atoms with E-state index in [1.807, 2.05) is 0 Å². The molecule has 1 N–H and O–H groups in total. The SMILES string of the molecule is CCN(CC)CCCn1nc(Nc2cc(Cl)cc(Cl)c2)c(C(=O)OC)n1. The average molecular weight is 400 g/mol. The van der Waals surface area contributed by atoms with Crippen molar-refractivity contribution in [2.24, 2.45) is 0 Å². The van der Waals surface area contributed by atoms with E-state index in [2.05, 4.69) is 34.3 Å². The van der Waals surface area contributed by atoms with Crippen molar-refractivity contribution >= 4 is 40.7 Å². The summed E-state index contributed by atoms with van der Waals surface area (Å²) in [5, 5.41) is 12.6. The summed E-state index contributed by atoms with van der Waals surface area (Å²) >= 11 is 12.0. The first-order valence-corrected chi connectivity index (χ1v) is 9.21. The van der Waals surface area contributed by atoms with Crippen molar-refractivity contribution in [1.29, 1.82) is 0 Å². The second kappa shape index (κ2) is 9.75. The maximum atomic E-state index is 12.0. The average Bonchev–Trinajstić information content (AvgIpc) is 2.99. The Bertz CT molecular complexity index is 726. The van der Waals surface area contributed by atoms with Crippen LogP contribution in [0.2, 0.25) is 10.0 Å². The molecule has 142 valence electrons. The molecular weight excluding hydrogens is 377 g/mol. The van der Waals surface area contributed by atoms with Crippen LogP contribution in [0.15, 0.2) is 18.2 Å². The van der Waals surface area contributed by atoms with Gasteiger partial charge >= 0.3 is 5.97 Å². The minimum atomic E-state index is -0.560. The van der Waals surface area contributed by atoms with E-state index in [4.69, 9.17) is 27.9 Å². The fourth-order valence-corrected chi connectivity index (χ4v) is 3.03. The molecule has 1 heterocycles. The van der Waals surface area contributed by atoms with Crippen molar-refractivity contribution < 1.29 is 9.53 Å². The highest BCUT2D eigenvalue weighted by Crippen LogP contribution is 2.25. The van der Waals surface area contributed by atoms with Crippen LogP contribution < -0.4 is 5.32 Å². The molecule has 2 aromatic rings. The number of rotatable bonds is 9. The number of carbonyl (C=O) groups is 1. The van der Waals surface area contributed by atoms with E-state index in [1.54, 1.807) is 18.2 Å². The number of carbonyl (C=O) groups excluding carboxylic acids is 1. The molecule has 0 saturated carbocycles. The highest BCUT2D eigenvalue weighted by Gasteiger charge is 2.20. The maximum absolute atomic E-state index is 12.0. The number of nitrogens with one attached hydrogen (secondary N) is 1. The predicted molar refractivity (Wildman–Crippen MR) is 104 cm³/mol. The van der Waals surface area contributed by atoms with Gasteiger partial charge in [0.05, 0.1) is 13.7 Å². The third-order valence-electron chi connectivity index (χ3n) is 3.89. The Morgan fingerprint density at radius 1 is 1.19 bits per heavy atom. The Kier molecular flexibility index (Phi) is 7.68. The molecule has 0 fully saturated rings. The smallest absolute Gasteiger partial charge is 0.362 e. The van der Waals surface area contributed by atoms with Gasteiger partial charge in [0, 0.05) is 15.7 Å². The van der Waals surface area contributed by atoms with E-state index >= 15 is 0 Å². The van der Waals surface area contributed by atoms with Gasteiger partial charge in [0.1, 0.15) is 0 Å². The summed E-state index contributed by atoms with van der Waals surface area (Å²) in [4.78, 5) is 15.8. The number of nitrogens with zero attached hydrogens (tertiary/aromatic N) is 4. The molecule has 0 aliphatic rings. The quantitative estimate of drug-likeness (QED) is 0.645. The zero-order valence-corrected chi connectivity index (χ0v) is 16.6. The van der Waals surface area contributed by atoms with Crippen LogP contribution in [0.5, 0.6) is 0 Å². The molecule has 7 nitrogen and oxygen atoms in total. The Hall–Kier alpha value is -1.83. The Labute approximate surface area is 163 Å². The zero-order chi connectivity index (χ0) is 19.1. The number of halogens is 2. The number of methoxy groups -OCH3 is 1. The van der Waals surface area contributed by atoms with Gasteiger partial charge in [-0.3, -0.25) is 0 Å². The van der Waals surface area contributed by atoms with Crippen molar-refractivity contribution in [3.63, 3.8) is 0 Å². The van der Waals surface area contributed by atoms with Crippen molar-refractivity contribution in [2.45, 2.75) is 26.8 Å². The van der Waals surface area contributed by atoms with Crippen LogP contribution in [0, 0.1) is 0 Å². The summed E-state index contributed by atoms with van der Waals surface area (Å²) in [6, 6.07) is 5.00. The number of aromatic nitrogens is 3. The second-order valence-electron chi connectivity index (χ2n) is 5.65. The van der Waals surface area contributed by atoms with E-state index in [0.717, 1.165) is 26.1 Å². The van der Waals surface area contributed by atoms with Crippen LogP contribution in [-0.4, -0.2) is 52.6 Å². The molecule has 26 heavy (non-hydrogen) atoms. The molecule has 9 heteroatoms. The van der Waals surface area contributed by atoms with Gasteiger partial charge in [-0.15, -0.1) is 10.2 Å². The molecular formula is C17H23Cl2N5O2. The van der Waals surface area contributed by atoms with Crippen LogP contribution in [0.3, 0.4) is 0 Å². The lowest BCUT2D eigenvalue weighted by Gasteiger charge is -2.17. The lowest BCUT2D eigenvalue weighted by Crippen LogP contribution is -2.25. The molecule has 1 aromatic carbocycles. The Morgan fingerprint density at radius 3 is 2.42 bits per heavy atom. The topological polar surface area (TPSA) is 72.3 Å². The Morgan fingerprint density at radius 2 is 1.85 bits per heavy atom. The van der Waals surface area contributed by atoms with Crippen LogP contribution >= 0.6 is 23.2 Å². The summed E-state index contributed by atoms with van der Waals surface area (Å²) in [5.41, 5.74) is 0.731. The van der Waals surface area contributed by atoms with E-state index in [0.29, 0.717) is 28.1 Å². The maximum Gasteiger partial charge on any atom is 0.362 e. The first-order valence-electron chi connectivity index (χ1n) is 8.45. The molecule has 0 unspecified atom stereocenters. The highest BCUT2D eigenvalue weighted by atomic mass is 35.5. The minimum Gasteiger partial charge on any atom is -0.464 e. The van der Waals surface area contributed by atoms with Gasteiger partial charge in [-0.2, -0.15) is 4.80 Å². The second-order valence-corrected chi connectivity index (χ2v) is 6.52. The summed E-state index contributed by atoms with van der Waals surface area (Å²) in [6.45, 7) is 7.79. The number of hydrogen-bond donors (Lipinski definition) is 1. The summed E-state index contributed by atoms with van der Waals surface area (Å²) in [5.74, 6) is -0.256. The predicted octanol–water partition coefficient (Wildman–Crippen LogP) is 3.85. The van der Waals surface area contributed by atoms with Crippen molar-refractivity contribution in [1.82, 2.24) is 19.9 Å². The van der Waals surface area contributed by atoms with Crippen molar-refractivity contribution in [3.8, 4) is 0 Å². The largest absolute Gasteiger partial charge is 0.464 e. The monoisotopic (exact) mass is 399 g/mol.